The molecule has 144 valence electrons. The average molecular weight is 360 g/mol. The highest BCUT2D eigenvalue weighted by Gasteiger charge is 2.60. The highest BCUT2D eigenvalue weighted by atomic mass is 16.3. The SMILES string of the molecule is CC(=O)[C@H]1CC[C@H]2[C@@H]3CC=C4N(CCO)C(=O)CC[C@]4(C)[C@H]3CC[C@]12C. The van der Waals surface area contributed by atoms with Gasteiger partial charge < -0.3 is 10.0 Å². The van der Waals surface area contributed by atoms with Gasteiger partial charge in [-0.05, 0) is 68.6 Å². The number of ketones is 1. The lowest BCUT2D eigenvalue weighted by molar-refractivity contribution is -0.139. The number of piperidine rings is 1. The lowest BCUT2D eigenvalue weighted by Crippen LogP contribution is -2.54. The molecule has 4 aliphatic rings. The number of allylic oxidation sites excluding steroid dienone is 2. The number of aliphatic hydroxyl groups is 1. The molecule has 4 rings (SSSR count). The van der Waals surface area contributed by atoms with E-state index >= 15 is 0 Å². The number of likely N-dealkylation sites (tertiary alicyclic amines) is 1. The third-order valence-electron chi connectivity index (χ3n) is 8.69. The Balaban J connectivity index is 1.68. The summed E-state index contributed by atoms with van der Waals surface area (Å²) in [7, 11) is 0. The molecule has 2 saturated carbocycles. The van der Waals surface area contributed by atoms with Gasteiger partial charge in [0, 0.05) is 30.0 Å². The first-order valence-electron chi connectivity index (χ1n) is 10.4. The molecule has 1 heterocycles. The number of rotatable bonds is 3. The quantitative estimate of drug-likeness (QED) is 0.838. The summed E-state index contributed by atoms with van der Waals surface area (Å²) in [5, 5.41) is 9.43. The molecule has 0 aromatic rings. The Bertz CT molecular complexity index is 656. The highest BCUT2D eigenvalue weighted by Crippen LogP contribution is 2.66. The van der Waals surface area contributed by atoms with Crippen molar-refractivity contribution in [3.8, 4) is 0 Å². The van der Waals surface area contributed by atoms with E-state index < -0.39 is 0 Å². The van der Waals surface area contributed by atoms with Gasteiger partial charge in [0.15, 0.2) is 0 Å². The highest BCUT2D eigenvalue weighted by molar-refractivity contribution is 5.80. The van der Waals surface area contributed by atoms with Gasteiger partial charge >= 0.3 is 0 Å². The van der Waals surface area contributed by atoms with Crippen molar-refractivity contribution in [2.24, 2.45) is 34.5 Å². The fourth-order valence-corrected chi connectivity index (χ4v) is 7.46. The van der Waals surface area contributed by atoms with Gasteiger partial charge in [-0.15, -0.1) is 0 Å². The number of hydrogen-bond donors (Lipinski definition) is 1. The van der Waals surface area contributed by atoms with Crippen LogP contribution in [-0.2, 0) is 9.59 Å². The van der Waals surface area contributed by atoms with Crippen LogP contribution >= 0.6 is 0 Å². The number of fused-ring (bicyclic) bond motifs is 5. The first-order chi connectivity index (χ1) is 12.3. The van der Waals surface area contributed by atoms with Gasteiger partial charge in [0.1, 0.15) is 5.78 Å². The van der Waals surface area contributed by atoms with Crippen molar-refractivity contribution < 1.29 is 14.7 Å². The topological polar surface area (TPSA) is 57.6 Å². The Kier molecular flexibility index (Phi) is 4.33. The number of hydrogen-bond acceptors (Lipinski definition) is 3. The molecule has 0 radical (unpaired) electrons. The van der Waals surface area contributed by atoms with Crippen molar-refractivity contribution in [2.45, 2.75) is 65.7 Å². The lowest BCUT2D eigenvalue weighted by atomic mass is 9.49. The van der Waals surface area contributed by atoms with Gasteiger partial charge in [-0.3, -0.25) is 9.59 Å². The van der Waals surface area contributed by atoms with Crippen molar-refractivity contribution >= 4 is 11.7 Å². The second-order valence-corrected chi connectivity index (χ2v) is 9.67. The minimum absolute atomic E-state index is 0.0221. The van der Waals surface area contributed by atoms with E-state index in [1.807, 2.05) is 4.90 Å². The maximum Gasteiger partial charge on any atom is 0.226 e. The molecule has 3 aliphatic carbocycles. The molecule has 4 heteroatoms. The van der Waals surface area contributed by atoms with E-state index in [2.05, 4.69) is 19.9 Å². The smallest absolute Gasteiger partial charge is 0.226 e. The Hall–Kier alpha value is -1.16. The molecule has 1 amide bonds. The maximum atomic E-state index is 12.4. The van der Waals surface area contributed by atoms with E-state index in [1.54, 1.807) is 6.92 Å². The van der Waals surface area contributed by atoms with Gasteiger partial charge in [-0.25, -0.2) is 0 Å². The zero-order valence-electron chi connectivity index (χ0n) is 16.5. The summed E-state index contributed by atoms with van der Waals surface area (Å²) < 4.78 is 0. The van der Waals surface area contributed by atoms with Crippen LogP contribution in [0.1, 0.15) is 65.7 Å². The maximum absolute atomic E-state index is 12.4. The number of aliphatic hydroxyl groups excluding tert-OH is 1. The summed E-state index contributed by atoms with van der Waals surface area (Å²) in [6, 6.07) is 0. The molecule has 0 aromatic heterocycles. The van der Waals surface area contributed by atoms with Crippen molar-refractivity contribution in [3.63, 3.8) is 0 Å². The third-order valence-corrected chi connectivity index (χ3v) is 8.69. The molecule has 0 spiro atoms. The average Bonchev–Trinajstić information content (AvgIpc) is 2.95. The molecule has 6 atom stereocenters. The number of β-amino-alcohol motifs (C(OH)–C–C–N with tert-alkyl or cyclic N) is 1. The Morgan fingerprint density at radius 1 is 1.23 bits per heavy atom. The van der Waals surface area contributed by atoms with Crippen LogP contribution in [0.5, 0.6) is 0 Å². The molecule has 4 nitrogen and oxygen atoms in total. The number of nitrogens with zero attached hydrogens (tertiary/aromatic N) is 1. The second-order valence-electron chi connectivity index (χ2n) is 9.67. The molecule has 0 bridgehead atoms. The summed E-state index contributed by atoms with van der Waals surface area (Å²) in [4.78, 5) is 26.5. The van der Waals surface area contributed by atoms with Crippen LogP contribution in [0, 0.1) is 34.5 Å². The zero-order chi connectivity index (χ0) is 18.7. The molecular formula is C22H33NO3. The summed E-state index contributed by atoms with van der Waals surface area (Å²) in [6.45, 7) is 6.95. The number of amides is 1. The van der Waals surface area contributed by atoms with Gasteiger partial charge in [-0.1, -0.05) is 19.9 Å². The molecular weight excluding hydrogens is 326 g/mol. The van der Waals surface area contributed by atoms with Crippen LogP contribution in [0.4, 0.5) is 0 Å². The van der Waals surface area contributed by atoms with Crippen LogP contribution in [0.3, 0.4) is 0 Å². The van der Waals surface area contributed by atoms with E-state index in [9.17, 15) is 14.7 Å². The van der Waals surface area contributed by atoms with Gasteiger partial charge in [0.05, 0.1) is 6.61 Å². The summed E-state index contributed by atoms with van der Waals surface area (Å²) in [5.74, 6) is 2.65. The van der Waals surface area contributed by atoms with Crippen molar-refractivity contribution in [1.82, 2.24) is 4.90 Å². The first kappa shape index (κ1) is 18.2. The molecule has 1 saturated heterocycles. The zero-order valence-corrected chi connectivity index (χ0v) is 16.5. The monoisotopic (exact) mass is 359 g/mol. The van der Waals surface area contributed by atoms with Crippen molar-refractivity contribution in [3.05, 3.63) is 11.8 Å². The third kappa shape index (κ3) is 2.37. The normalized spacial score (nSPS) is 44.8. The second kappa shape index (κ2) is 6.19. The van der Waals surface area contributed by atoms with Gasteiger partial charge in [-0.2, -0.15) is 0 Å². The first-order valence-corrected chi connectivity index (χ1v) is 10.4. The fraction of sp³-hybridized carbons (Fsp3) is 0.818. The van der Waals surface area contributed by atoms with Gasteiger partial charge in [0.25, 0.3) is 0 Å². The Morgan fingerprint density at radius 3 is 2.69 bits per heavy atom. The molecule has 26 heavy (non-hydrogen) atoms. The minimum Gasteiger partial charge on any atom is -0.395 e. The summed E-state index contributed by atoms with van der Waals surface area (Å²) in [6.07, 6.45) is 9.39. The van der Waals surface area contributed by atoms with Crippen molar-refractivity contribution in [1.29, 1.82) is 0 Å². The molecule has 3 fully saturated rings. The van der Waals surface area contributed by atoms with Gasteiger partial charge in [0.2, 0.25) is 5.91 Å². The number of Topliss-reactive ketones (excluding diaryl/α,β-unsaturated/α-hetero) is 1. The number of carbonyl (C=O) groups excluding carboxylic acids is 2. The Labute approximate surface area is 157 Å². The van der Waals surface area contributed by atoms with Crippen LogP contribution in [0.25, 0.3) is 0 Å². The summed E-state index contributed by atoms with van der Waals surface area (Å²) >= 11 is 0. The molecule has 1 aliphatic heterocycles. The molecule has 0 aromatic carbocycles. The van der Waals surface area contributed by atoms with E-state index in [1.165, 1.54) is 12.1 Å². The molecule has 1 N–H and O–H groups in total. The fourth-order valence-electron chi connectivity index (χ4n) is 7.46. The predicted molar refractivity (Wildman–Crippen MR) is 100 cm³/mol. The van der Waals surface area contributed by atoms with E-state index in [0.717, 1.165) is 32.1 Å². The van der Waals surface area contributed by atoms with Crippen LogP contribution in [0.15, 0.2) is 11.8 Å². The number of carbonyl (C=O) groups is 2. The minimum atomic E-state index is 0.0221. The van der Waals surface area contributed by atoms with Crippen LogP contribution in [0.2, 0.25) is 0 Å². The summed E-state index contributed by atoms with van der Waals surface area (Å²) in [5.41, 5.74) is 1.39. The van der Waals surface area contributed by atoms with Crippen LogP contribution in [-0.4, -0.2) is 34.8 Å². The predicted octanol–water partition coefficient (Wildman–Crippen LogP) is 3.54. The lowest BCUT2D eigenvalue weighted by Gasteiger charge is -2.58. The van der Waals surface area contributed by atoms with E-state index in [-0.39, 0.29) is 29.3 Å². The van der Waals surface area contributed by atoms with E-state index in [4.69, 9.17) is 0 Å². The van der Waals surface area contributed by atoms with Crippen molar-refractivity contribution in [2.75, 3.05) is 13.2 Å². The molecule has 0 unspecified atom stereocenters. The largest absolute Gasteiger partial charge is 0.395 e. The standard InChI is InChI=1S/C22H33NO3/c1-14(25)16-5-6-17-15-4-7-19-22(3,18(15)8-10-21(16,17)2)11-9-20(26)23(19)12-13-24/h7,15-18,24H,4-6,8-13H2,1-3H3/t15-,16+,17-,18-,21+,22+/m0/s1. The van der Waals surface area contributed by atoms with Crippen LogP contribution < -0.4 is 0 Å². The Morgan fingerprint density at radius 2 is 2.00 bits per heavy atom. The van der Waals surface area contributed by atoms with E-state index in [0.29, 0.717) is 36.5 Å².